The molecule has 0 fully saturated rings. The Morgan fingerprint density at radius 3 is 2.43 bits per heavy atom. The number of hydrogen-bond donors (Lipinski definition) is 1. The van der Waals surface area contributed by atoms with Crippen molar-refractivity contribution in [2.75, 3.05) is 0 Å². The molecule has 21 heavy (non-hydrogen) atoms. The van der Waals surface area contributed by atoms with Gasteiger partial charge in [0.2, 0.25) is 0 Å². The van der Waals surface area contributed by atoms with E-state index in [4.69, 9.17) is 0 Å². The van der Waals surface area contributed by atoms with Gasteiger partial charge in [-0.25, -0.2) is 13.1 Å². The summed E-state index contributed by atoms with van der Waals surface area (Å²) in [6.07, 6.45) is 1.45. The molecule has 0 saturated heterocycles. The van der Waals surface area contributed by atoms with Crippen LogP contribution in [0.3, 0.4) is 0 Å². The Bertz CT molecular complexity index is 775. The Balaban J connectivity index is 2.13. The van der Waals surface area contributed by atoms with Gasteiger partial charge in [-0.3, -0.25) is 4.79 Å². The van der Waals surface area contributed by atoms with Crippen LogP contribution in [0.2, 0.25) is 0 Å². The maximum atomic E-state index is 12.0. The summed E-state index contributed by atoms with van der Waals surface area (Å²) in [6.45, 7) is 3.66. The van der Waals surface area contributed by atoms with E-state index in [0.717, 1.165) is 20.7 Å². The second-order valence-corrected chi connectivity index (χ2v) is 7.54. The van der Waals surface area contributed by atoms with E-state index in [9.17, 15) is 13.2 Å². The number of thiophene rings is 1. The number of nitrogens with one attached hydrogen (secondary N) is 1. The van der Waals surface area contributed by atoms with Crippen LogP contribution < -0.4 is 4.72 Å². The highest BCUT2D eigenvalue weighted by atomic mass is 32.2. The molecule has 0 spiro atoms. The van der Waals surface area contributed by atoms with Gasteiger partial charge in [0.25, 0.3) is 15.9 Å². The van der Waals surface area contributed by atoms with Crippen molar-refractivity contribution in [3.05, 3.63) is 62.7 Å². The van der Waals surface area contributed by atoms with Crippen LogP contribution in [0.1, 0.15) is 25.7 Å². The zero-order valence-electron chi connectivity index (χ0n) is 11.7. The molecule has 6 heteroatoms. The summed E-state index contributed by atoms with van der Waals surface area (Å²) in [5.74, 6) is -0.602. The predicted octanol–water partition coefficient (Wildman–Crippen LogP) is 3.10. The van der Waals surface area contributed by atoms with Gasteiger partial charge in [0.05, 0.1) is 11.0 Å². The fourth-order valence-corrected chi connectivity index (χ4v) is 3.50. The lowest BCUT2D eigenvalue weighted by atomic mass is 10.2. The standard InChI is InChI=1S/C15H15NO3S2/c1-11-10-14(12(2)20-11)15(17)16-21(18,19)9-8-13-6-4-3-5-7-13/h3-10H,1-2H3,(H,16,17)/b9-8+. The highest BCUT2D eigenvalue weighted by Crippen LogP contribution is 2.20. The molecule has 4 nitrogen and oxygen atoms in total. The van der Waals surface area contributed by atoms with Crippen molar-refractivity contribution in [1.82, 2.24) is 4.72 Å². The second-order valence-electron chi connectivity index (χ2n) is 4.52. The molecule has 0 unspecified atom stereocenters. The number of amides is 1. The summed E-state index contributed by atoms with van der Waals surface area (Å²) in [4.78, 5) is 13.8. The molecule has 110 valence electrons. The predicted molar refractivity (Wildman–Crippen MR) is 85.7 cm³/mol. The third-order valence-corrected chi connectivity index (χ3v) is 4.69. The first-order valence-corrected chi connectivity index (χ1v) is 8.61. The molecule has 1 N–H and O–H groups in total. The van der Waals surface area contributed by atoms with Crippen LogP contribution >= 0.6 is 11.3 Å². The normalized spacial score (nSPS) is 11.7. The minimum Gasteiger partial charge on any atom is -0.268 e. The van der Waals surface area contributed by atoms with Crippen molar-refractivity contribution in [1.29, 1.82) is 0 Å². The van der Waals surface area contributed by atoms with E-state index in [2.05, 4.69) is 4.72 Å². The van der Waals surface area contributed by atoms with Gasteiger partial charge < -0.3 is 0 Å². The molecule has 0 aliphatic carbocycles. The van der Waals surface area contributed by atoms with Gasteiger partial charge in [-0.2, -0.15) is 0 Å². The minimum atomic E-state index is -3.81. The van der Waals surface area contributed by atoms with E-state index in [1.165, 1.54) is 17.4 Å². The Morgan fingerprint density at radius 1 is 1.19 bits per heavy atom. The minimum absolute atomic E-state index is 0.397. The molecule has 1 amide bonds. The summed E-state index contributed by atoms with van der Waals surface area (Å²) in [5, 5.41) is 0.995. The fraction of sp³-hybridized carbons (Fsp3) is 0.133. The molecule has 2 aromatic rings. The van der Waals surface area contributed by atoms with E-state index in [-0.39, 0.29) is 0 Å². The summed E-state index contributed by atoms with van der Waals surface area (Å²) in [5.41, 5.74) is 1.15. The second kappa shape index (κ2) is 6.24. The maximum Gasteiger partial charge on any atom is 0.266 e. The van der Waals surface area contributed by atoms with Gasteiger partial charge in [-0.15, -0.1) is 11.3 Å². The first kappa shape index (κ1) is 15.5. The van der Waals surface area contributed by atoms with Gasteiger partial charge in [0, 0.05) is 9.75 Å². The number of rotatable bonds is 4. The molecule has 1 aromatic heterocycles. The lowest BCUT2D eigenvalue weighted by molar-refractivity contribution is 0.0981. The lowest BCUT2D eigenvalue weighted by Gasteiger charge is -2.02. The number of carbonyl (C=O) groups is 1. The molecular formula is C15H15NO3S2. The number of carbonyl (C=O) groups excluding carboxylic acids is 1. The van der Waals surface area contributed by atoms with Crippen molar-refractivity contribution in [2.24, 2.45) is 0 Å². The first-order chi connectivity index (χ1) is 9.87. The van der Waals surface area contributed by atoms with E-state index in [0.29, 0.717) is 5.56 Å². The average molecular weight is 321 g/mol. The third-order valence-electron chi connectivity index (χ3n) is 2.76. The maximum absolute atomic E-state index is 12.0. The fourth-order valence-electron chi connectivity index (χ4n) is 1.81. The van der Waals surface area contributed by atoms with Crippen molar-refractivity contribution in [3.63, 3.8) is 0 Å². The Kier molecular flexibility index (Phi) is 4.59. The van der Waals surface area contributed by atoms with Crippen LogP contribution in [0.15, 0.2) is 41.8 Å². The van der Waals surface area contributed by atoms with E-state index < -0.39 is 15.9 Å². The SMILES string of the molecule is Cc1cc(C(=O)NS(=O)(=O)/C=C/c2ccccc2)c(C)s1. The van der Waals surface area contributed by atoms with Crippen LogP contribution in [0.4, 0.5) is 0 Å². The molecule has 0 saturated carbocycles. The Hall–Kier alpha value is -1.92. The van der Waals surface area contributed by atoms with E-state index in [1.54, 1.807) is 25.1 Å². The summed E-state index contributed by atoms with van der Waals surface area (Å²) in [7, 11) is -3.81. The molecular weight excluding hydrogens is 306 g/mol. The monoisotopic (exact) mass is 321 g/mol. The Labute approximate surface area is 128 Å². The number of aryl methyl sites for hydroxylation is 2. The quantitative estimate of drug-likeness (QED) is 0.941. The average Bonchev–Trinajstić information content (AvgIpc) is 2.76. The zero-order chi connectivity index (χ0) is 15.5. The van der Waals surface area contributed by atoms with Crippen molar-refractivity contribution >= 4 is 33.3 Å². The van der Waals surface area contributed by atoms with Crippen LogP contribution in [0.25, 0.3) is 6.08 Å². The van der Waals surface area contributed by atoms with Crippen LogP contribution in [0, 0.1) is 13.8 Å². The molecule has 0 aliphatic rings. The molecule has 1 heterocycles. The Morgan fingerprint density at radius 2 is 1.86 bits per heavy atom. The molecule has 0 radical (unpaired) electrons. The van der Waals surface area contributed by atoms with Gasteiger partial charge in [0.1, 0.15) is 0 Å². The molecule has 0 bridgehead atoms. The van der Waals surface area contributed by atoms with Gasteiger partial charge in [-0.05, 0) is 31.6 Å². The van der Waals surface area contributed by atoms with E-state index >= 15 is 0 Å². The number of sulfonamides is 1. The van der Waals surface area contributed by atoms with Crippen molar-refractivity contribution in [2.45, 2.75) is 13.8 Å². The highest BCUT2D eigenvalue weighted by Gasteiger charge is 2.16. The van der Waals surface area contributed by atoms with Crippen molar-refractivity contribution in [3.8, 4) is 0 Å². The topological polar surface area (TPSA) is 63.2 Å². The van der Waals surface area contributed by atoms with Gasteiger partial charge >= 0.3 is 0 Å². The first-order valence-electron chi connectivity index (χ1n) is 6.25. The summed E-state index contributed by atoms with van der Waals surface area (Å²) >= 11 is 1.46. The third kappa shape index (κ3) is 4.27. The van der Waals surface area contributed by atoms with Gasteiger partial charge in [-0.1, -0.05) is 30.3 Å². The van der Waals surface area contributed by atoms with Gasteiger partial charge in [0.15, 0.2) is 0 Å². The number of benzene rings is 1. The zero-order valence-corrected chi connectivity index (χ0v) is 13.3. The summed E-state index contributed by atoms with van der Waals surface area (Å²) < 4.78 is 25.8. The van der Waals surface area contributed by atoms with Crippen LogP contribution in [0.5, 0.6) is 0 Å². The molecule has 1 aromatic carbocycles. The van der Waals surface area contributed by atoms with E-state index in [1.807, 2.05) is 25.1 Å². The molecule has 0 aliphatic heterocycles. The summed E-state index contributed by atoms with van der Waals surface area (Å²) in [6, 6.07) is 10.7. The number of hydrogen-bond acceptors (Lipinski definition) is 4. The van der Waals surface area contributed by atoms with Crippen LogP contribution in [-0.2, 0) is 10.0 Å². The largest absolute Gasteiger partial charge is 0.268 e. The van der Waals surface area contributed by atoms with Crippen molar-refractivity contribution < 1.29 is 13.2 Å². The van der Waals surface area contributed by atoms with Crippen LogP contribution in [-0.4, -0.2) is 14.3 Å². The highest BCUT2D eigenvalue weighted by molar-refractivity contribution is 7.93. The lowest BCUT2D eigenvalue weighted by Crippen LogP contribution is -2.28. The molecule has 2 rings (SSSR count). The smallest absolute Gasteiger partial charge is 0.266 e. The molecule has 0 atom stereocenters.